The number of aromatic nitrogens is 4. The second kappa shape index (κ2) is 5.96. The van der Waals surface area contributed by atoms with Gasteiger partial charge in [-0.2, -0.15) is 4.68 Å². The number of nitrogens with one attached hydrogen (secondary N) is 1. The minimum Gasteiger partial charge on any atom is -0.467 e. The molecule has 0 unspecified atom stereocenters. The molecule has 3 aromatic rings. The lowest BCUT2D eigenvalue weighted by atomic mass is 9.95. The highest BCUT2D eigenvalue weighted by atomic mass is 32.1. The summed E-state index contributed by atoms with van der Waals surface area (Å²) in [7, 11) is 0. The fourth-order valence-corrected chi connectivity index (χ4v) is 4.17. The summed E-state index contributed by atoms with van der Waals surface area (Å²) < 4.78 is 6.84. The normalized spacial score (nSPS) is 13.7. The van der Waals surface area contributed by atoms with Gasteiger partial charge in [-0.1, -0.05) is 0 Å². The van der Waals surface area contributed by atoms with Crippen LogP contribution in [0.3, 0.4) is 0 Å². The molecule has 1 amide bonds. The third-order valence-corrected chi connectivity index (χ3v) is 5.22. The van der Waals surface area contributed by atoms with Crippen molar-refractivity contribution in [1.82, 2.24) is 25.5 Å². The summed E-state index contributed by atoms with van der Waals surface area (Å²) >= 11 is 1.61. The number of hydrogen-bond acceptors (Lipinski definition) is 6. The molecule has 23 heavy (non-hydrogen) atoms. The number of amides is 1. The average molecular weight is 329 g/mol. The zero-order valence-corrected chi connectivity index (χ0v) is 13.2. The predicted octanol–water partition coefficient (Wildman–Crippen LogP) is 2.13. The SMILES string of the molecule is O=C(NCc1ccco1)c1c(-n2cnnn2)sc2c1CCCC2. The molecule has 0 aliphatic heterocycles. The van der Waals surface area contributed by atoms with Gasteiger partial charge in [0.15, 0.2) is 0 Å². The van der Waals surface area contributed by atoms with Crippen LogP contribution < -0.4 is 5.32 Å². The van der Waals surface area contributed by atoms with Gasteiger partial charge in [-0.15, -0.1) is 16.4 Å². The lowest BCUT2D eigenvalue weighted by Gasteiger charge is -2.12. The summed E-state index contributed by atoms with van der Waals surface area (Å²) in [6, 6.07) is 3.64. The number of carbonyl (C=O) groups excluding carboxylic acids is 1. The Hall–Kier alpha value is -2.48. The fraction of sp³-hybridized carbons (Fsp3) is 0.333. The molecule has 8 heteroatoms. The van der Waals surface area contributed by atoms with E-state index in [2.05, 4.69) is 20.8 Å². The Morgan fingerprint density at radius 1 is 1.39 bits per heavy atom. The molecule has 4 rings (SSSR count). The molecule has 3 aromatic heterocycles. The molecular formula is C15H15N5O2S. The van der Waals surface area contributed by atoms with Crippen molar-refractivity contribution in [2.45, 2.75) is 32.2 Å². The Bertz CT molecular complexity index is 807. The molecule has 0 saturated heterocycles. The molecule has 118 valence electrons. The lowest BCUT2D eigenvalue weighted by molar-refractivity contribution is 0.0947. The van der Waals surface area contributed by atoms with E-state index in [0.717, 1.165) is 42.0 Å². The summed E-state index contributed by atoms with van der Waals surface area (Å²) in [6.07, 6.45) is 7.34. The number of rotatable bonds is 4. The molecule has 3 heterocycles. The van der Waals surface area contributed by atoms with E-state index in [0.29, 0.717) is 12.1 Å². The molecule has 1 aliphatic rings. The van der Waals surface area contributed by atoms with E-state index in [1.807, 2.05) is 6.07 Å². The topological polar surface area (TPSA) is 85.8 Å². The van der Waals surface area contributed by atoms with Gasteiger partial charge in [-0.3, -0.25) is 4.79 Å². The quantitative estimate of drug-likeness (QED) is 0.792. The highest BCUT2D eigenvalue weighted by molar-refractivity contribution is 7.15. The van der Waals surface area contributed by atoms with Crippen molar-refractivity contribution in [2.24, 2.45) is 0 Å². The van der Waals surface area contributed by atoms with Gasteiger partial charge in [0, 0.05) is 4.88 Å². The van der Waals surface area contributed by atoms with E-state index in [9.17, 15) is 4.79 Å². The van der Waals surface area contributed by atoms with Crippen molar-refractivity contribution < 1.29 is 9.21 Å². The first-order valence-corrected chi connectivity index (χ1v) is 8.33. The molecule has 1 aliphatic carbocycles. The molecule has 7 nitrogen and oxygen atoms in total. The summed E-state index contributed by atoms with van der Waals surface area (Å²) in [5.74, 6) is 0.623. The Morgan fingerprint density at radius 2 is 2.30 bits per heavy atom. The standard InChI is InChI=1S/C15H15N5O2S/c21-14(16-8-10-4-3-7-22-10)13-11-5-1-2-6-12(11)23-15(13)20-9-17-18-19-20/h3-4,7,9H,1-2,5-6,8H2,(H,16,21). The zero-order valence-electron chi connectivity index (χ0n) is 12.4. The van der Waals surface area contributed by atoms with Crippen molar-refractivity contribution in [3.8, 4) is 5.00 Å². The van der Waals surface area contributed by atoms with Gasteiger partial charge in [0.25, 0.3) is 5.91 Å². The monoisotopic (exact) mass is 329 g/mol. The second-order valence-corrected chi connectivity index (χ2v) is 6.49. The van der Waals surface area contributed by atoms with Crippen LogP contribution in [0.2, 0.25) is 0 Å². The summed E-state index contributed by atoms with van der Waals surface area (Å²) in [5, 5.41) is 15.0. The maximum atomic E-state index is 12.8. The van der Waals surface area contributed by atoms with Crippen LogP contribution in [0.25, 0.3) is 5.00 Å². The Balaban J connectivity index is 1.68. The van der Waals surface area contributed by atoms with Crippen LogP contribution in [0, 0.1) is 0 Å². The summed E-state index contributed by atoms with van der Waals surface area (Å²) in [5.41, 5.74) is 1.84. The number of carbonyl (C=O) groups is 1. The van der Waals surface area contributed by atoms with E-state index in [1.54, 1.807) is 28.3 Å². The maximum Gasteiger partial charge on any atom is 0.255 e. The molecule has 1 N–H and O–H groups in total. The molecule has 0 saturated carbocycles. The first kappa shape index (κ1) is 14.1. The predicted molar refractivity (Wildman–Crippen MR) is 83.6 cm³/mol. The van der Waals surface area contributed by atoms with Crippen molar-refractivity contribution in [3.05, 3.63) is 46.5 Å². The van der Waals surface area contributed by atoms with Crippen LogP contribution in [0.5, 0.6) is 0 Å². The molecule has 0 spiro atoms. The van der Waals surface area contributed by atoms with E-state index in [1.165, 1.54) is 11.2 Å². The Kier molecular flexibility index (Phi) is 3.66. The first-order valence-electron chi connectivity index (χ1n) is 7.51. The number of fused-ring (bicyclic) bond motifs is 1. The van der Waals surface area contributed by atoms with Crippen molar-refractivity contribution in [3.63, 3.8) is 0 Å². The van der Waals surface area contributed by atoms with Crippen LogP contribution in [0.4, 0.5) is 0 Å². The number of furan rings is 1. The molecule has 0 atom stereocenters. The van der Waals surface area contributed by atoms with Gasteiger partial charge in [-0.25, -0.2) is 0 Å². The van der Waals surface area contributed by atoms with E-state index < -0.39 is 0 Å². The van der Waals surface area contributed by atoms with Gasteiger partial charge in [0.05, 0.1) is 18.4 Å². The van der Waals surface area contributed by atoms with Crippen molar-refractivity contribution in [2.75, 3.05) is 0 Å². The Morgan fingerprint density at radius 3 is 3.09 bits per heavy atom. The largest absolute Gasteiger partial charge is 0.467 e. The lowest BCUT2D eigenvalue weighted by Crippen LogP contribution is -2.25. The van der Waals surface area contributed by atoms with Gasteiger partial charge in [0.2, 0.25) is 0 Å². The molecule has 0 bridgehead atoms. The van der Waals surface area contributed by atoms with E-state index in [-0.39, 0.29) is 5.91 Å². The van der Waals surface area contributed by atoms with Gasteiger partial charge in [-0.05, 0) is 53.8 Å². The third-order valence-electron chi connectivity index (χ3n) is 3.94. The van der Waals surface area contributed by atoms with Gasteiger partial charge in [0.1, 0.15) is 17.1 Å². The first-order chi connectivity index (χ1) is 11.3. The van der Waals surface area contributed by atoms with Crippen LogP contribution in [0.15, 0.2) is 29.1 Å². The number of hydrogen-bond donors (Lipinski definition) is 1. The summed E-state index contributed by atoms with van der Waals surface area (Å²) in [6.45, 7) is 0.367. The van der Waals surface area contributed by atoms with Crippen LogP contribution in [-0.2, 0) is 19.4 Å². The van der Waals surface area contributed by atoms with Gasteiger partial charge >= 0.3 is 0 Å². The van der Waals surface area contributed by atoms with Gasteiger partial charge < -0.3 is 9.73 Å². The molecule has 0 fully saturated rings. The van der Waals surface area contributed by atoms with Crippen LogP contribution >= 0.6 is 11.3 Å². The Labute approximate surface area is 136 Å². The average Bonchev–Trinajstić information content (AvgIpc) is 3.31. The van der Waals surface area contributed by atoms with E-state index in [4.69, 9.17) is 4.42 Å². The summed E-state index contributed by atoms with van der Waals surface area (Å²) in [4.78, 5) is 14.0. The number of nitrogens with zero attached hydrogens (tertiary/aromatic N) is 4. The fourth-order valence-electron chi connectivity index (χ4n) is 2.87. The smallest absolute Gasteiger partial charge is 0.255 e. The number of thiophene rings is 1. The van der Waals surface area contributed by atoms with E-state index >= 15 is 0 Å². The number of aryl methyl sites for hydroxylation is 1. The molecule has 0 aromatic carbocycles. The molecule has 0 radical (unpaired) electrons. The second-order valence-electron chi connectivity index (χ2n) is 5.41. The minimum absolute atomic E-state index is 0.105. The highest BCUT2D eigenvalue weighted by Gasteiger charge is 2.26. The zero-order chi connectivity index (χ0) is 15.6. The van der Waals surface area contributed by atoms with Crippen molar-refractivity contribution >= 4 is 17.2 Å². The maximum absolute atomic E-state index is 12.8. The van der Waals surface area contributed by atoms with Crippen LogP contribution in [-0.4, -0.2) is 26.1 Å². The minimum atomic E-state index is -0.105. The molecular weight excluding hydrogens is 314 g/mol. The van der Waals surface area contributed by atoms with Crippen molar-refractivity contribution in [1.29, 1.82) is 0 Å². The highest BCUT2D eigenvalue weighted by Crippen LogP contribution is 2.36. The van der Waals surface area contributed by atoms with Crippen LogP contribution in [0.1, 0.15) is 39.4 Å². The third kappa shape index (κ3) is 2.65. The number of tetrazole rings is 1.